The molecule has 3 aromatic rings. The molecule has 4 rings (SSSR count). The van der Waals surface area contributed by atoms with Crippen molar-refractivity contribution in [1.29, 1.82) is 0 Å². The van der Waals surface area contributed by atoms with Gasteiger partial charge in [0.25, 0.3) is 0 Å². The van der Waals surface area contributed by atoms with Gasteiger partial charge in [-0.2, -0.15) is 0 Å². The Morgan fingerprint density at radius 1 is 0.769 bits per heavy atom. The van der Waals surface area contributed by atoms with Crippen LogP contribution in [0.5, 0.6) is 11.5 Å². The lowest BCUT2D eigenvalue weighted by molar-refractivity contribution is 0.355. The monoisotopic (exact) mass is 345 g/mol. The Bertz CT molecular complexity index is 838. The van der Waals surface area contributed by atoms with Gasteiger partial charge in [0.1, 0.15) is 0 Å². The van der Waals surface area contributed by atoms with E-state index in [1.54, 1.807) is 14.2 Å². The summed E-state index contributed by atoms with van der Waals surface area (Å²) >= 11 is 0. The average Bonchev–Trinajstić information content (AvgIpc) is 3.11. The van der Waals surface area contributed by atoms with E-state index < -0.39 is 0 Å². The van der Waals surface area contributed by atoms with Gasteiger partial charge in [0.15, 0.2) is 11.5 Å². The lowest BCUT2D eigenvalue weighted by Gasteiger charge is -2.31. The molecule has 0 saturated heterocycles. The molecule has 0 saturated carbocycles. The number of hydrogen-bond donors (Lipinski definition) is 0. The summed E-state index contributed by atoms with van der Waals surface area (Å²) in [4.78, 5) is 2.47. The van der Waals surface area contributed by atoms with E-state index in [1.807, 2.05) is 0 Å². The zero-order valence-electron chi connectivity index (χ0n) is 15.2. The molecule has 1 aliphatic rings. The highest BCUT2D eigenvalue weighted by molar-refractivity contribution is 5.67. The van der Waals surface area contributed by atoms with Crippen molar-refractivity contribution in [2.24, 2.45) is 0 Å². The second-order valence-corrected chi connectivity index (χ2v) is 6.50. The van der Waals surface area contributed by atoms with Gasteiger partial charge in [-0.05, 0) is 29.2 Å². The number of rotatable bonds is 5. The maximum absolute atomic E-state index is 5.55. The van der Waals surface area contributed by atoms with E-state index in [4.69, 9.17) is 9.47 Å². The molecule has 132 valence electrons. The molecule has 3 aromatic carbocycles. The Hall–Kier alpha value is -2.94. The van der Waals surface area contributed by atoms with Crippen LogP contribution in [0.4, 0.5) is 5.69 Å². The number of methoxy groups -OCH3 is 2. The van der Waals surface area contributed by atoms with Crippen molar-refractivity contribution in [3.63, 3.8) is 0 Å². The zero-order chi connectivity index (χ0) is 17.9. The number of ether oxygens (including phenoxy) is 2. The summed E-state index contributed by atoms with van der Waals surface area (Å²) in [6, 6.07) is 25.8. The molecule has 26 heavy (non-hydrogen) atoms. The Labute approximate surface area is 154 Å². The molecule has 3 nitrogen and oxygen atoms in total. The van der Waals surface area contributed by atoms with E-state index in [0.717, 1.165) is 24.5 Å². The summed E-state index contributed by atoms with van der Waals surface area (Å²) in [5.74, 6) is 1.57. The molecule has 1 heterocycles. The molecule has 0 N–H and O–H groups in total. The van der Waals surface area contributed by atoms with Crippen molar-refractivity contribution >= 4 is 5.69 Å². The molecular formula is C23H23NO2. The average molecular weight is 345 g/mol. The van der Waals surface area contributed by atoms with Crippen molar-refractivity contribution in [2.75, 3.05) is 25.7 Å². The van der Waals surface area contributed by atoms with E-state index in [-0.39, 0.29) is 6.04 Å². The first-order valence-corrected chi connectivity index (χ1v) is 8.93. The molecule has 0 aliphatic carbocycles. The first kappa shape index (κ1) is 16.5. The first-order valence-electron chi connectivity index (χ1n) is 8.93. The number of anilines is 1. The quantitative estimate of drug-likeness (QED) is 0.659. The van der Waals surface area contributed by atoms with Gasteiger partial charge in [0, 0.05) is 18.3 Å². The standard InChI is InChI=1S/C23H23NO2/c1-25-21-15-19-13-14-24(20(19)16-22(21)26-2)23(17-9-5-3-6-10-17)18-11-7-4-8-12-18/h3-12,15-16,23H,13-14H2,1-2H3. The fraction of sp³-hybridized carbons (Fsp3) is 0.217. The largest absolute Gasteiger partial charge is 0.493 e. The van der Waals surface area contributed by atoms with Gasteiger partial charge in [0.2, 0.25) is 0 Å². The van der Waals surface area contributed by atoms with Gasteiger partial charge in [-0.25, -0.2) is 0 Å². The molecule has 0 radical (unpaired) electrons. The van der Waals surface area contributed by atoms with E-state index in [0.29, 0.717) is 0 Å². The lowest BCUT2D eigenvalue weighted by atomic mass is 9.97. The van der Waals surface area contributed by atoms with Gasteiger partial charge in [-0.1, -0.05) is 60.7 Å². The lowest BCUT2D eigenvalue weighted by Crippen LogP contribution is -2.27. The van der Waals surface area contributed by atoms with Crippen molar-refractivity contribution in [3.8, 4) is 11.5 Å². The van der Waals surface area contributed by atoms with Gasteiger partial charge < -0.3 is 14.4 Å². The molecule has 0 fully saturated rings. The van der Waals surface area contributed by atoms with Gasteiger partial charge in [-0.15, -0.1) is 0 Å². The molecule has 0 unspecified atom stereocenters. The molecule has 0 aromatic heterocycles. The highest BCUT2D eigenvalue weighted by atomic mass is 16.5. The van der Waals surface area contributed by atoms with Crippen molar-refractivity contribution in [2.45, 2.75) is 12.5 Å². The Morgan fingerprint density at radius 3 is 1.85 bits per heavy atom. The highest BCUT2D eigenvalue weighted by Gasteiger charge is 2.30. The highest BCUT2D eigenvalue weighted by Crippen LogP contribution is 2.43. The van der Waals surface area contributed by atoms with E-state index in [9.17, 15) is 0 Å². The van der Waals surface area contributed by atoms with Crippen LogP contribution < -0.4 is 14.4 Å². The van der Waals surface area contributed by atoms with Crippen LogP contribution in [0.3, 0.4) is 0 Å². The second-order valence-electron chi connectivity index (χ2n) is 6.50. The maximum atomic E-state index is 5.55. The Balaban J connectivity index is 1.82. The summed E-state index contributed by atoms with van der Waals surface area (Å²) in [6.45, 7) is 0.972. The van der Waals surface area contributed by atoms with E-state index in [2.05, 4.69) is 77.7 Å². The molecule has 0 amide bonds. The van der Waals surface area contributed by atoms with Crippen LogP contribution in [0.15, 0.2) is 72.8 Å². The topological polar surface area (TPSA) is 21.7 Å². The van der Waals surface area contributed by atoms with Crippen molar-refractivity contribution in [1.82, 2.24) is 0 Å². The number of benzene rings is 3. The van der Waals surface area contributed by atoms with Crippen molar-refractivity contribution in [3.05, 3.63) is 89.5 Å². The molecule has 0 bridgehead atoms. The maximum Gasteiger partial charge on any atom is 0.162 e. The van der Waals surface area contributed by atoms with Crippen LogP contribution in [0, 0.1) is 0 Å². The smallest absolute Gasteiger partial charge is 0.162 e. The predicted molar refractivity (Wildman–Crippen MR) is 105 cm³/mol. The third-order valence-electron chi connectivity index (χ3n) is 5.06. The predicted octanol–water partition coefficient (Wildman–Crippen LogP) is 4.86. The van der Waals surface area contributed by atoms with Gasteiger partial charge >= 0.3 is 0 Å². The SMILES string of the molecule is COc1cc2c(cc1OC)N(C(c1ccccc1)c1ccccc1)CC2. The van der Waals surface area contributed by atoms with Crippen LogP contribution >= 0.6 is 0 Å². The fourth-order valence-corrected chi connectivity index (χ4v) is 3.83. The molecule has 3 heteroatoms. The first-order chi connectivity index (χ1) is 12.8. The minimum atomic E-state index is 0.178. The van der Waals surface area contributed by atoms with Gasteiger partial charge in [-0.3, -0.25) is 0 Å². The van der Waals surface area contributed by atoms with Crippen LogP contribution in [0.1, 0.15) is 22.7 Å². The summed E-state index contributed by atoms with van der Waals surface area (Å²) in [5, 5.41) is 0. The molecule has 0 atom stereocenters. The van der Waals surface area contributed by atoms with Crippen molar-refractivity contribution < 1.29 is 9.47 Å². The number of hydrogen-bond acceptors (Lipinski definition) is 3. The summed E-state index contributed by atoms with van der Waals surface area (Å²) < 4.78 is 11.0. The molecule has 1 aliphatic heterocycles. The van der Waals surface area contributed by atoms with Crippen LogP contribution in [-0.4, -0.2) is 20.8 Å². The van der Waals surface area contributed by atoms with Gasteiger partial charge in [0.05, 0.1) is 20.3 Å². The second kappa shape index (κ2) is 7.12. The minimum Gasteiger partial charge on any atom is -0.493 e. The minimum absolute atomic E-state index is 0.178. The fourth-order valence-electron chi connectivity index (χ4n) is 3.83. The number of nitrogens with zero attached hydrogens (tertiary/aromatic N) is 1. The summed E-state index contributed by atoms with van der Waals surface area (Å²) in [6.07, 6.45) is 1.01. The van der Waals surface area contributed by atoms with E-state index >= 15 is 0 Å². The summed E-state index contributed by atoms with van der Waals surface area (Å²) in [5.41, 5.74) is 5.11. The van der Waals surface area contributed by atoms with Crippen LogP contribution in [-0.2, 0) is 6.42 Å². The van der Waals surface area contributed by atoms with E-state index in [1.165, 1.54) is 22.4 Å². The normalized spacial score (nSPS) is 13.0. The molecule has 0 spiro atoms. The Kier molecular flexibility index (Phi) is 4.53. The third-order valence-corrected chi connectivity index (χ3v) is 5.06. The van der Waals surface area contributed by atoms with Crippen LogP contribution in [0.25, 0.3) is 0 Å². The molecular weight excluding hydrogens is 322 g/mol. The zero-order valence-corrected chi connectivity index (χ0v) is 15.2. The third kappa shape index (κ3) is 2.90. The summed E-state index contributed by atoms with van der Waals surface area (Å²) in [7, 11) is 3.38. The van der Waals surface area contributed by atoms with Crippen LogP contribution in [0.2, 0.25) is 0 Å². The Morgan fingerprint density at radius 2 is 1.31 bits per heavy atom. The number of fused-ring (bicyclic) bond motifs is 1.